The van der Waals surface area contributed by atoms with E-state index in [0.29, 0.717) is 28.9 Å². The predicted molar refractivity (Wildman–Crippen MR) is 153 cm³/mol. The molecule has 0 saturated heterocycles. The lowest BCUT2D eigenvalue weighted by atomic mass is 10.0. The molecule has 6 aromatic rings. The van der Waals surface area contributed by atoms with Gasteiger partial charge < -0.3 is 20.5 Å². The highest BCUT2D eigenvalue weighted by Gasteiger charge is 2.23. The van der Waals surface area contributed by atoms with Crippen LogP contribution in [0, 0.1) is 0 Å². The van der Waals surface area contributed by atoms with E-state index in [2.05, 4.69) is 4.90 Å². The summed E-state index contributed by atoms with van der Waals surface area (Å²) in [5, 5.41) is 15.1. The van der Waals surface area contributed by atoms with Crippen LogP contribution >= 0.6 is 23.2 Å². The number of methoxy groups -OCH3 is 1. The van der Waals surface area contributed by atoms with Crippen molar-refractivity contribution < 1.29 is 9.84 Å². The summed E-state index contributed by atoms with van der Waals surface area (Å²) >= 11 is 12.7. The Kier molecular flexibility index (Phi) is 5.88. The molecule has 0 fully saturated rings. The lowest BCUT2D eigenvalue weighted by Crippen LogP contribution is -2.26. The van der Waals surface area contributed by atoms with Gasteiger partial charge in [0.1, 0.15) is 11.5 Å². The molecule has 0 bridgehead atoms. The minimum atomic E-state index is 0.148. The third-order valence-corrected chi connectivity index (χ3v) is 6.97. The van der Waals surface area contributed by atoms with E-state index in [1.807, 2.05) is 54.6 Å². The van der Waals surface area contributed by atoms with Gasteiger partial charge in [0.25, 0.3) is 0 Å². The molecule has 184 valence electrons. The number of aromatic nitrogens is 2. The first kappa shape index (κ1) is 23.6. The zero-order valence-corrected chi connectivity index (χ0v) is 21.4. The molecule has 0 aliphatic rings. The molecular formula is C29H22Cl2N4O2. The van der Waals surface area contributed by atoms with Crippen molar-refractivity contribution in [3.63, 3.8) is 0 Å². The number of rotatable bonds is 5. The smallest absolute Gasteiger partial charge is 0.119 e. The largest absolute Gasteiger partial charge is 0.508 e. The van der Waals surface area contributed by atoms with Crippen LogP contribution in [0.1, 0.15) is 0 Å². The fourth-order valence-electron chi connectivity index (χ4n) is 4.93. The van der Waals surface area contributed by atoms with Crippen molar-refractivity contribution in [1.82, 2.24) is 9.97 Å². The number of ether oxygens (including phenoxy) is 1. The molecule has 0 spiro atoms. The maximum absolute atomic E-state index is 10.5. The van der Waals surface area contributed by atoms with Crippen LogP contribution in [0.3, 0.4) is 0 Å². The van der Waals surface area contributed by atoms with Crippen LogP contribution in [0.4, 0.5) is 11.4 Å². The highest BCUT2D eigenvalue weighted by atomic mass is 35.5. The van der Waals surface area contributed by atoms with Crippen molar-refractivity contribution in [2.24, 2.45) is 5.73 Å². The van der Waals surface area contributed by atoms with Crippen molar-refractivity contribution in [2.75, 3.05) is 25.1 Å². The standard InChI is InChI=1S/C29H22Cl2N4O2/c1-37-19-5-9-25-23(15-19)29(21-7-3-17(31)13-27(21)34-25)35(11-10-32)28-20-6-2-16(30)12-26(20)33-24-8-4-18(36)14-22(24)28/h2-9,12-15,36H,10-11,32H2,1H3. The Morgan fingerprint density at radius 2 is 1.30 bits per heavy atom. The van der Waals surface area contributed by atoms with E-state index >= 15 is 0 Å². The summed E-state index contributed by atoms with van der Waals surface area (Å²) in [7, 11) is 1.64. The van der Waals surface area contributed by atoms with Gasteiger partial charge in [-0.25, -0.2) is 9.97 Å². The Balaban J connectivity index is 1.81. The monoisotopic (exact) mass is 528 g/mol. The van der Waals surface area contributed by atoms with E-state index in [1.165, 1.54) is 0 Å². The van der Waals surface area contributed by atoms with Crippen LogP contribution < -0.4 is 15.4 Å². The summed E-state index contributed by atoms with van der Waals surface area (Å²) in [6, 6.07) is 22.3. The molecule has 0 saturated carbocycles. The summed E-state index contributed by atoms with van der Waals surface area (Å²) in [6.07, 6.45) is 0. The Labute approximate surface area is 222 Å². The van der Waals surface area contributed by atoms with Crippen LogP contribution in [0.5, 0.6) is 11.5 Å². The Bertz CT molecular complexity index is 1840. The molecule has 37 heavy (non-hydrogen) atoms. The number of fused-ring (bicyclic) bond motifs is 4. The third kappa shape index (κ3) is 4.03. The molecule has 8 heteroatoms. The molecule has 0 unspecified atom stereocenters. The number of benzene rings is 4. The number of nitrogens with zero attached hydrogens (tertiary/aromatic N) is 3. The van der Waals surface area contributed by atoms with Gasteiger partial charge in [0.15, 0.2) is 0 Å². The van der Waals surface area contributed by atoms with Crippen LogP contribution in [0.2, 0.25) is 10.0 Å². The van der Waals surface area contributed by atoms with Crippen LogP contribution in [0.25, 0.3) is 43.6 Å². The fraction of sp³-hybridized carbons (Fsp3) is 0.103. The predicted octanol–water partition coefficient (Wildman–Crippen LogP) is 7.21. The van der Waals surface area contributed by atoms with Crippen molar-refractivity contribution in [1.29, 1.82) is 0 Å². The van der Waals surface area contributed by atoms with E-state index in [0.717, 1.165) is 55.0 Å². The van der Waals surface area contributed by atoms with Gasteiger partial charge in [-0.05, 0) is 72.8 Å². The average molecular weight is 529 g/mol. The molecule has 4 aromatic carbocycles. The minimum absolute atomic E-state index is 0.148. The van der Waals surface area contributed by atoms with Crippen molar-refractivity contribution in [2.45, 2.75) is 0 Å². The van der Waals surface area contributed by atoms with E-state index < -0.39 is 0 Å². The number of halogens is 2. The lowest BCUT2D eigenvalue weighted by molar-refractivity contribution is 0.415. The molecule has 3 N–H and O–H groups in total. The normalized spacial score (nSPS) is 11.6. The number of nitrogens with two attached hydrogens (primary N) is 1. The van der Waals surface area contributed by atoms with Gasteiger partial charge in [0, 0.05) is 44.7 Å². The Morgan fingerprint density at radius 1 is 0.730 bits per heavy atom. The fourth-order valence-corrected chi connectivity index (χ4v) is 5.26. The van der Waals surface area contributed by atoms with Gasteiger partial charge in [-0.3, -0.25) is 0 Å². The zero-order chi connectivity index (χ0) is 25.7. The number of hydrogen-bond acceptors (Lipinski definition) is 6. The van der Waals surface area contributed by atoms with Gasteiger partial charge in [-0.15, -0.1) is 0 Å². The maximum Gasteiger partial charge on any atom is 0.119 e. The number of phenols is 1. The zero-order valence-electron chi connectivity index (χ0n) is 19.9. The summed E-state index contributed by atoms with van der Waals surface area (Å²) in [4.78, 5) is 11.9. The first-order valence-corrected chi connectivity index (χ1v) is 12.5. The first-order valence-electron chi connectivity index (χ1n) is 11.7. The summed E-state index contributed by atoms with van der Waals surface area (Å²) in [5.74, 6) is 0.861. The second-order valence-electron chi connectivity index (χ2n) is 8.77. The van der Waals surface area contributed by atoms with Gasteiger partial charge in [-0.1, -0.05) is 23.2 Å². The van der Waals surface area contributed by atoms with Crippen molar-refractivity contribution in [3.05, 3.63) is 82.8 Å². The van der Waals surface area contributed by atoms with E-state index in [9.17, 15) is 5.11 Å². The van der Waals surface area contributed by atoms with Crippen molar-refractivity contribution in [3.8, 4) is 11.5 Å². The first-order chi connectivity index (χ1) is 18.0. The van der Waals surface area contributed by atoms with Gasteiger partial charge in [0.05, 0.1) is 40.6 Å². The number of anilines is 2. The third-order valence-electron chi connectivity index (χ3n) is 6.50. The van der Waals surface area contributed by atoms with Crippen LogP contribution in [0.15, 0.2) is 72.8 Å². The Hall–Kier alpha value is -3.84. The van der Waals surface area contributed by atoms with Crippen LogP contribution in [-0.4, -0.2) is 35.3 Å². The van der Waals surface area contributed by atoms with Crippen LogP contribution in [-0.2, 0) is 0 Å². The molecule has 0 atom stereocenters. The second-order valence-corrected chi connectivity index (χ2v) is 9.64. The van der Waals surface area contributed by atoms with Gasteiger partial charge in [-0.2, -0.15) is 0 Å². The number of aromatic hydroxyl groups is 1. The van der Waals surface area contributed by atoms with E-state index in [4.69, 9.17) is 43.6 Å². The van der Waals surface area contributed by atoms with E-state index in [-0.39, 0.29) is 5.75 Å². The molecular weight excluding hydrogens is 507 g/mol. The number of hydrogen-bond donors (Lipinski definition) is 2. The molecule has 0 radical (unpaired) electrons. The minimum Gasteiger partial charge on any atom is -0.508 e. The second kappa shape index (κ2) is 9.23. The molecule has 0 amide bonds. The van der Waals surface area contributed by atoms with E-state index in [1.54, 1.807) is 25.3 Å². The number of pyridine rings is 2. The molecule has 2 aromatic heterocycles. The lowest BCUT2D eigenvalue weighted by Gasteiger charge is -2.30. The number of phenolic OH excluding ortho intramolecular Hbond substituents is 1. The SMILES string of the molecule is COc1ccc2nc3cc(Cl)ccc3c(N(CCN)c3c4ccc(Cl)cc4nc4ccc(O)cc34)c2c1. The Morgan fingerprint density at radius 3 is 1.86 bits per heavy atom. The molecule has 0 aliphatic carbocycles. The maximum atomic E-state index is 10.5. The van der Waals surface area contributed by atoms with Gasteiger partial charge >= 0.3 is 0 Å². The average Bonchev–Trinajstić information content (AvgIpc) is 2.89. The highest BCUT2D eigenvalue weighted by Crippen LogP contribution is 2.45. The van der Waals surface area contributed by atoms with Crippen molar-refractivity contribution >= 4 is 78.2 Å². The topological polar surface area (TPSA) is 84.5 Å². The highest BCUT2D eigenvalue weighted by molar-refractivity contribution is 6.32. The molecule has 6 rings (SSSR count). The van der Waals surface area contributed by atoms with Gasteiger partial charge in [0.2, 0.25) is 0 Å². The summed E-state index contributed by atoms with van der Waals surface area (Å²) in [5.41, 5.74) is 11.0. The quantitative estimate of drug-likeness (QED) is 0.230. The summed E-state index contributed by atoms with van der Waals surface area (Å²) < 4.78 is 5.57. The summed E-state index contributed by atoms with van der Waals surface area (Å²) in [6.45, 7) is 0.862. The molecule has 0 aliphatic heterocycles. The molecule has 6 nitrogen and oxygen atoms in total. The molecule has 2 heterocycles.